The summed E-state index contributed by atoms with van der Waals surface area (Å²) >= 11 is 0. The fourth-order valence-electron chi connectivity index (χ4n) is 4.21. The Morgan fingerprint density at radius 3 is 2.00 bits per heavy atom. The highest BCUT2D eigenvalue weighted by atomic mass is 16.5. The molecule has 0 spiro atoms. The average Bonchev–Trinajstić information content (AvgIpc) is 2.91. The van der Waals surface area contributed by atoms with Gasteiger partial charge in [-0.15, -0.1) is 0 Å². The van der Waals surface area contributed by atoms with Gasteiger partial charge in [-0.25, -0.2) is 0 Å². The molecule has 1 amide bonds. The molecule has 1 atom stereocenters. The number of nitrogens with one attached hydrogen (secondary N) is 3. The van der Waals surface area contributed by atoms with Crippen molar-refractivity contribution in [2.75, 3.05) is 5.32 Å². The summed E-state index contributed by atoms with van der Waals surface area (Å²) in [4.78, 5) is 13.5. The number of amidine groups is 1. The lowest BCUT2D eigenvalue weighted by molar-refractivity contribution is -0.122. The van der Waals surface area contributed by atoms with Crippen LogP contribution in [0.25, 0.3) is 0 Å². The summed E-state index contributed by atoms with van der Waals surface area (Å²) in [5, 5.41) is 14.1. The van der Waals surface area contributed by atoms with Gasteiger partial charge in [0.1, 0.15) is 24.2 Å². The number of rotatable bonds is 10. The van der Waals surface area contributed by atoms with Gasteiger partial charge in [0.15, 0.2) is 0 Å². The highest BCUT2D eigenvalue weighted by Gasteiger charge is 2.22. The Hall–Kier alpha value is -4.58. The first-order chi connectivity index (χ1) is 17.9. The van der Waals surface area contributed by atoms with Crippen molar-refractivity contribution in [3.8, 4) is 5.75 Å². The predicted octanol–water partition coefficient (Wildman–Crippen LogP) is 5.64. The number of nitrogens with two attached hydrogens (primary N) is 1. The molecule has 37 heavy (non-hydrogen) atoms. The van der Waals surface area contributed by atoms with Crippen LogP contribution in [0, 0.1) is 19.3 Å². The number of aryl methyl sites for hydroxylation is 2. The minimum absolute atomic E-state index is 0.000968. The quantitative estimate of drug-likeness (QED) is 0.170. The average molecular weight is 493 g/mol. The molecule has 0 radical (unpaired) electrons. The fraction of sp³-hybridized carbons (Fsp3) is 0.161. The largest absolute Gasteiger partial charge is 0.488 e. The van der Waals surface area contributed by atoms with Crippen LogP contribution < -0.4 is 21.1 Å². The Kier molecular flexibility index (Phi) is 8.21. The molecule has 0 aliphatic carbocycles. The van der Waals surface area contributed by atoms with Crippen LogP contribution in [-0.2, 0) is 17.9 Å². The van der Waals surface area contributed by atoms with E-state index < -0.39 is 6.04 Å². The van der Waals surface area contributed by atoms with Crippen LogP contribution in [0.4, 0.5) is 5.69 Å². The second-order valence-corrected chi connectivity index (χ2v) is 9.03. The maximum Gasteiger partial charge on any atom is 0.247 e. The first-order valence-electron chi connectivity index (χ1n) is 12.2. The molecule has 6 heteroatoms. The van der Waals surface area contributed by atoms with Crippen LogP contribution in [-0.4, -0.2) is 11.7 Å². The number of hydrogen-bond donors (Lipinski definition) is 4. The summed E-state index contributed by atoms with van der Waals surface area (Å²) in [5.74, 6) is 0.680. The van der Waals surface area contributed by atoms with Crippen molar-refractivity contribution in [3.05, 3.63) is 130 Å². The third kappa shape index (κ3) is 6.76. The third-order valence-corrected chi connectivity index (χ3v) is 6.12. The molecule has 0 saturated carbocycles. The normalized spacial score (nSPS) is 11.4. The molecule has 188 valence electrons. The van der Waals surface area contributed by atoms with E-state index in [1.807, 2.05) is 98.8 Å². The first kappa shape index (κ1) is 25.5. The van der Waals surface area contributed by atoms with Crippen molar-refractivity contribution >= 4 is 17.4 Å². The van der Waals surface area contributed by atoms with Gasteiger partial charge in [-0.1, -0.05) is 60.7 Å². The summed E-state index contributed by atoms with van der Waals surface area (Å²) in [6.07, 6.45) is 0. The highest BCUT2D eigenvalue weighted by Crippen LogP contribution is 2.30. The molecule has 1 unspecified atom stereocenters. The summed E-state index contributed by atoms with van der Waals surface area (Å²) in [5.41, 5.74) is 11.9. The Labute approximate surface area is 218 Å². The molecule has 0 aliphatic heterocycles. The summed E-state index contributed by atoms with van der Waals surface area (Å²) in [6.45, 7) is 4.90. The number of amides is 1. The standard InChI is InChI=1S/C31H32N4O2/c1-21-17-26(18-22(2)29(21)37-20-24-11-7-4-8-12-24)28(31(36)34-19-23-9-5-3-6-10-23)35-27-15-13-25(14-16-27)30(32)33/h3-18,28,35H,19-20H2,1-2H3,(H3,32,33)(H,34,36). The van der Waals surface area contributed by atoms with Gasteiger partial charge in [0, 0.05) is 17.8 Å². The molecule has 0 aliphatic rings. The maximum absolute atomic E-state index is 13.5. The van der Waals surface area contributed by atoms with Crippen molar-refractivity contribution in [1.82, 2.24) is 5.32 Å². The van der Waals surface area contributed by atoms with Crippen molar-refractivity contribution in [3.63, 3.8) is 0 Å². The van der Waals surface area contributed by atoms with E-state index >= 15 is 0 Å². The van der Waals surface area contributed by atoms with Crippen LogP contribution in [0.3, 0.4) is 0 Å². The van der Waals surface area contributed by atoms with E-state index in [2.05, 4.69) is 10.6 Å². The lowest BCUT2D eigenvalue weighted by Crippen LogP contribution is -2.33. The fourth-order valence-corrected chi connectivity index (χ4v) is 4.21. The minimum Gasteiger partial charge on any atom is -0.488 e. The molecule has 4 aromatic rings. The highest BCUT2D eigenvalue weighted by molar-refractivity contribution is 5.95. The van der Waals surface area contributed by atoms with Gasteiger partial charge in [-0.3, -0.25) is 10.2 Å². The number of carbonyl (C=O) groups excluding carboxylic acids is 1. The minimum atomic E-state index is -0.632. The summed E-state index contributed by atoms with van der Waals surface area (Å²) in [7, 11) is 0. The number of nitrogen functional groups attached to an aromatic ring is 1. The van der Waals surface area contributed by atoms with Crippen LogP contribution in [0.15, 0.2) is 97.1 Å². The lowest BCUT2D eigenvalue weighted by atomic mass is 9.99. The summed E-state index contributed by atoms with van der Waals surface area (Å²) in [6, 6.07) is 30.4. The molecule has 0 fully saturated rings. The Bertz CT molecular complexity index is 1330. The molecule has 0 saturated heterocycles. The zero-order valence-electron chi connectivity index (χ0n) is 21.1. The number of benzene rings is 4. The molecule has 5 N–H and O–H groups in total. The van der Waals surface area contributed by atoms with E-state index in [0.717, 1.165) is 39.3 Å². The van der Waals surface area contributed by atoms with Gasteiger partial charge < -0.3 is 21.1 Å². The van der Waals surface area contributed by atoms with Gasteiger partial charge in [-0.2, -0.15) is 0 Å². The van der Waals surface area contributed by atoms with Gasteiger partial charge in [0.2, 0.25) is 5.91 Å². The van der Waals surface area contributed by atoms with E-state index in [1.54, 1.807) is 12.1 Å². The number of carbonyl (C=O) groups is 1. The second-order valence-electron chi connectivity index (χ2n) is 9.03. The smallest absolute Gasteiger partial charge is 0.247 e. The molecule has 4 rings (SSSR count). The van der Waals surface area contributed by atoms with Crippen molar-refractivity contribution in [2.45, 2.75) is 33.0 Å². The van der Waals surface area contributed by atoms with Crippen LogP contribution >= 0.6 is 0 Å². The van der Waals surface area contributed by atoms with E-state index in [-0.39, 0.29) is 11.7 Å². The van der Waals surface area contributed by atoms with Crippen LogP contribution in [0.5, 0.6) is 5.75 Å². The predicted molar refractivity (Wildman–Crippen MR) is 149 cm³/mol. The van der Waals surface area contributed by atoms with Gasteiger partial charge >= 0.3 is 0 Å². The Balaban J connectivity index is 1.58. The Morgan fingerprint density at radius 2 is 1.43 bits per heavy atom. The summed E-state index contributed by atoms with van der Waals surface area (Å²) < 4.78 is 6.16. The van der Waals surface area contributed by atoms with Gasteiger partial charge in [0.25, 0.3) is 0 Å². The van der Waals surface area contributed by atoms with Gasteiger partial charge in [-0.05, 0) is 78.1 Å². The third-order valence-electron chi connectivity index (χ3n) is 6.12. The van der Waals surface area contributed by atoms with Crippen LogP contribution in [0.2, 0.25) is 0 Å². The lowest BCUT2D eigenvalue weighted by Gasteiger charge is -2.22. The molecular weight excluding hydrogens is 460 g/mol. The van der Waals surface area contributed by atoms with E-state index in [4.69, 9.17) is 15.9 Å². The van der Waals surface area contributed by atoms with E-state index in [0.29, 0.717) is 18.7 Å². The van der Waals surface area contributed by atoms with Gasteiger partial charge in [0.05, 0.1) is 0 Å². The van der Waals surface area contributed by atoms with E-state index in [1.165, 1.54) is 0 Å². The monoisotopic (exact) mass is 492 g/mol. The van der Waals surface area contributed by atoms with Crippen LogP contribution in [0.1, 0.15) is 39.4 Å². The molecule has 0 bridgehead atoms. The Morgan fingerprint density at radius 1 is 0.865 bits per heavy atom. The second kappa shape index (κ2) is 11.9. The van der Waals surface area contributed by atoms with Crippen molar-refractivity contribution in [2.24, 2.45) is 5.73 Å². The molecular formula is C31H32N4O2. The molecule has 0 aromatic heterocycles. The zero-order chi connectivity index (χ0) is 26.2. The van der Waals surface area contributed by atoms with Crippen molar-refractivity contribution < 1.29 is 9.53 Å². The number of hydrogen-bond acceptors (Lipinski definition) is 4. The number of ether oxygens (including phenoxy) is 1. The SMILES string of the molecule is Cc1cc(C(Nc2ccc(C(=N)N)cc2)C(=O)NCc2ccccc2)cc(C)c1OCc1ccccc1. The van der Waals surface area contributed by atoms with E-state index in [9.17, 15) is 4.79 Å². The topological polar surface area (TPSA) is 100 Å². The molecule has 0 heterocycles. The number of anilines is 1. The van der Waals surface area contributed by atoms with Crippen molar-refractivity contribution in [1.29, 1.82) is 5.41 Å². The molecule has 6 nitrogen and oxygen atoms in total. The first-order valence-corrected chi connectivity index (χ1v) is 12.2. The molecule has 4 aromatic carbocycles. The zero-order valence-corrected chi connectivity index (χ0v) is 21.1. The maximum atomic E-state index is 13.5.